The zero-order valence-corrected chi connectivity index (χ0v) is 17.2. The van der Waals surface area contributed by atoms with E-state index >= 15 is 0 Å². The number of amides is 2. The van der Waals surface area contributed by atoms with Crippen LogP contribution in [-0.4, -0.2) is 42.4 Å². The molecule has 2 amide bonds. The third-order valence-corrected chi connectivity index (χ3v) is 5.81. The number of anilines is 2. The largest absolute Gasteiger partial charge is 0.378 e. The number of rotatable bonds is 4. The third kappa shape index (κ3) is 4.04. The maximum Gasteiger partial charge on any atom is 0.298 e. The Bertz CT molecular complexity index is 1070. The van der Waals surface area contributed by atoms with E-state index in [1.165, 1.54) is 18.2 Å². The highest BCUT2D eigenvalue weighted by Gasteiger charge is 2.36. The summed E-state index contributed by atoms with van der Waals surface area (Å²) in [6.07, 6.45) is 1.49. The second-order valence-electron chi connectivity index (χ2n) is 6.60. The van der Waals surface area contributed by atoms with Gasteiger partial charge in [0.25, 0.3) is 16.8 Å². The summed E-state index contributed by atoms with van der Waals surface area (Å²) in [7, 11) is 0. The number of nitrogens with zero attached hydrogens (tertiary/aromatic N) is 3. The van der Waals surface area contributed by atoms with Crippen LogP contribution in [0.2, 0.25) is 5.02 Å². The number of carbonyl (C=O) groups is 2. The number of benzene rings is 2. The van der Waals surface area contributed by atoms with E-state index in [2.05, 4.69) is 0 Å². The number of halogens is 1. The van der Waals surface area contributed by atoms with Gasteiger partial charge in [-0.05, 0) is 47.7 Å². The number of carbonyl (C=O) groups excluding carboxylic acids is 2. The fourth-order valence-electron chi connectivity index (χ4n) is 3.31. The van der Waals surface area contributed by atoms with Crippen LogP contribution in [0.5, 0.6) is 0 Å². The molecule has 30 heavy (non-hydrogen) atoms. The molecule has 4 rings (SSSR count). The number of ether oxygens (including phenoxy) is 1. The Hall–Kier alpha value is -2.88. The maximum atomic E-state index is 12.8. The maximum absolute atomic E-state index is 12.8. The summed E-state index contributed by atoms with van der Waals surface area (Å²) in [5.74, 6) is -0.493. The van der Waals surface area contributed by atoms with Crippen molar-refractivity contribution >= 4 is 57.6 Å². The molecule has 2 aliphatic rings. The molecule has 2 saturated heterocycles. The summed E-state index contributed by atoms with van der Waals surface area (Å²) < 4.78 is 5.30. The van der Waals surface area contributed by atoms with E-state index in [1.807, 2.05) is 4.90 Å². The van der Waals surface area contributed by atoms with E-state index < -0.39 is 16.1 Å². The fraction of sp³-hybridized carbons (Fsp3) is 0.200. The Morgan fingerprint density at radius 1 is 1.13 bits per heavy atom. The quantitative estimate of drug-likeness (QED) is 0.393. The molecule has 0 unspecified atom stereocenters. The highest BCUT2D eigenvalue weighted by Crippen LogP contribution is 2.37. The van der Waals surface area contributed by atoms with Gasteiger partial charge < -0.3 is 9.64 Å². The lowest BCUT2D eigenvalue weighted by Crippen LogP contribution is -2.36. The van der Waals surface area contributed by atoms with Gasteiger partial charge in [-0.15, -0.1) is 0 Å². The third-order valence-electron chi connectivity index (χ3n) is 4.71. The SMILES string of the molecule is O=C1S/C(=C/c2ccc(N3CCOCC3)c([N+](=O)[O-])c2)C(=O)N1c1cccc(Cl)c1. The number of imide groups is 1. The zero-order valence-electron chi connectivity index (χ0n) is 15.6. The van der Waals surface area contributed by atoms with Crippen molar-refractivity contribution in [3.05, 3.63) is 68.1 Å². The molecule has 2 fully saturated rings. The molecule has 2 aliphatic heterocycles. The minimum atomic E-state index is -0.493. The summed E-state index contributed by atoms with van der Waals surface area (Å²) in [5, 5.41) is 11.6. The highest BCUT2D eigenvalue weighted by atomic mass is 35.5. The minimum absolute atomic E-state index is 0.0558. The number of hydrogen-bond acceptors (Lipinski definition) is 7. The molecule has 0 aliphatic carbocycles. The minimum Gasteiger partial charge on any atom is -0.378 e. The molecule has 0 spiro atoms. The lowest BCUT2D eigenvalue weighted by Gasteiger charge is -2.28. The zero-order chi connectivity index (χ0) is 21.3. The number of nitro groups is 1. The Balaban J connectivity index is 1.64. The normalized spacial score (nSPS) is 18.4. The van der Waals surface area contributed by atoms with Crippen molar-refractivity contribution < 1.29 is 19.2 Å². The molecule has 0 bridgehead atoms. The topological polar surface area (TPSA) is 93.0 Å². The van der Waals surface area contributed by atoms with E-state index in [4.69, 9.17) is 16.3 Å². The van der Waals surface area contributed by atoms with E-state index in [0.29, 0.717) is 48.3 Å². The van der Waals surface area contributed by atoms with Crippen molar-refractivity contribution in [1.29, 1.82) is 0 Å². The first-order valence-electron chi connectivity index (χ1n) is 9.09. The van der Waals surface area contributed by atoms with Crippen LogP contribution in [0.1, 0.15) is 5.56 Å². The van der Waals surface area contributed by atoms with E-state index in [1.54, 1.807) is 30.3 Å². The molecule has 10 heteroatoms. The van der Waals surface area contributed by atoms with E-state index in [9.17, 15) is 19.7 Å². The molecule has 154 valence electrons. The van der Waals surface area contributed by atoms with Gasteiger partial charge in [0.1, 0.15) is 5.69 Å². The second kappa shape index (κ2) is 8.47. The van der Waals surface area contributed by atoms with Crippen LogP contribution in [0, 0.1) is 10.1 Å². The van der Waals surface area contributed by atoms with Gasteiger partial charge in [0.05, 0.1) is 28.7 Å². The van der Waals surface area contributed by atoms with Crippen LogP contribution in [0.25, 0.3) is 6.08 Å². The van der Waals surface area contributed by atoms with Crippen LogP contribution in [-0.2, 0) is 9.53 Å². The molecule has 0 saturated carbocycles. The highest BCUT2D eigenvalue weighted by molar-refractivity contribution is 8.19. The second-order valence-corrected chi connectivity index (χ2v) is 8.03. The van der Waals surface area contributed by atoms with Crippen molar-refractivity contribution in [2.24, 2.45) is 0 Å². The Labute approximate surface area is 181 Å². The average molecular weight is 446 g/mol. The van der Waals surface area contributed by atoms with Gasteiger partial charge in [-0.2, -0.15) is 0 Å². The number of thioether (sulfide) groups is 1. The Morgan fingerprint density at radius 2 is 1.90 bits per heavy atom. The number of hydrogen-bond donors (Lipinski definition) is 0. The summed E-state index contributed by atoms with van der Waals surface area (Å²) in [4.78, 5) is 39.5. The van der Waals surface area contributed by atoms with Gasteiger partial charge in [-0.1, -0.05) is 23.7 Å². The van der Waals surface area contributed by atoms with Crippen molar-refractivity contribution in [3.63, 3.8) is 0 Å². The molecule has 2 heterocycles. The molecular formula is C20H16ClN3O5S. The monoisotopic (exact) mass is 445 g/mol. The Kier molecular flexibility index (Phi) is 5.76. The first-order valence-corrected chi connectivity index (χ1v) is 10.3. The summed E-state index contributed by atoms with van der Waals surface area (Å²) in [6, 6.07) is 11.2. The average Bonchev–Trinajstić information content (AvgIpc) is 3.01. The van der Waals surface area contributed by atoms with Crippen LogP contribution < -0.4 is 9.80 Å². The fourth-order valence-corrected chi connectivity index (χ4v) is 4.33. The van der Waals surface area contributed by atoms with Crippen molar-refractivity contribution in [2.45, 2.75) is 0 Å². The lowest BCUT2D eigenvalue weighted by molar-refractivity contribution is -0.384. The Morgan fingerprint density at radius 3 is 2.60 bits per heavy atom. The smallest absolute Gasteiger partial charge is 0.298 e. The lowest BCUT2D eigenvalue weighted by atomic mass is 10.1. The molecule has 0 aromatic heterocycles. The van der Waals surface area contributed by atoms with Gasteiger partial charge in [-0.25, -0.2) is 4.90 Å². The van der Waals surface area contributed by atoms with Crippen LogP contribution in [0.4, 0.5) is 21.9 Å². The predicted octanol–water partition coefficient (Wildman–Crippen LogP) is 4.33. The van der Waals surface area contributed by atoms with Gasteiger partial charge in [0, 0.05) is 24.2 Å². The van der Waals surface area contributed by atoms with Gasteiger partial charge in [-0.3, -0.25) is 19.7 Å². The molecule has 2 aromatic rings. The van der Waals surface area contributed by atoms with E-state index in [-0.39, 0.29) is 10.6 Å². The molecule has 0 atom stereocenters. The van der Waals surface area contributed by atoms with Gasteiger partial charge in [0.2, 0.25) is 0 Å². The molecular weight excluding hydrogens is 430 g/mol. The predicted molar refractivity (Wildman–Crippen MR) is 116 cm³/mol. The standard InChI is InChI=1S/C20H16ClN3O5S/c21-14-2-1-3-15(12-14)23-19(25)18(30-20(23)26)11-13-4-5-16(17(10-13)24(27)28)22-6-8-29-9-7-22/h1-5,10-12H,6-9H2/b18-11+. The summed E-state index contributed by atoms with van der Waals surface area (Å²) in [5.41, 5.74) is 1.30. The number of morpholine rings is 1. The van der Waals surface area contributed by atoms with Gasteiger partial charge in [0.15, 0.2) is 0 Å². The van der Waals surface area contributed by atoms with Crippen LogP contribution >= 0.6 is 23.4 Å². The van der Waals surface area contributed by atoms with Crippen molar-refractivity contribution in [3.8, 4) is 0 Å². The van der Waals surface area contributed by atoms with Crippen LogP contribution in [0.15, 0.2) is 47.4 Å². The van der Waals surface area contributed by atoms with Crippen LogP contribution in [0.3, 0.4) is 0 Å². The first-order chi connectivity index (χ1) is 14.4. The molecule has 0 radical (unpaired) electrons. The summed E-state index contributed by atoms with van der Waals surface area (Å²) >= 11 is 6.75. The molecule has 2 aromatic carbocycles. The number of nitro benzene ring substituents is 1. The van der Waals surface area contributed by atoms with Crippen molar-refractivity contribution in [2.75, 3.05) is 36.1 Å². The van der Waals surface area contributed by atoms with Gasteiger partial charge >= 0.3 is 0 Å². The summed E-state index contributed by atoms with van der Waals surface area (Å²) in [6.45, 7) is 2.16. The van der Waals surface area contributed by atoms with E-state index in [0.717, 1.165) is 16.7 Å². The van der Waals surface area contributed by atoms with Crippen molar-refractivity contribution in [1.82, 2.24) is 0 Å². The molecule has 8 nitrogen and oxygen atoms in total. The molecule has 0 N–H and O–H groups in total. The first kappa shape index (κ1) is 20.4.